The molecular weight excluding hydrogens is 274 g/mol. The molecule has 0 radical (unpaired) electrons. The number of carbonyl (C=O) groups is 1. The second-order valence-electron chi connectivity index (χ2n) is 5.29. The lowest BCUT2D eigenvalue weighted by Crippen LogP contribution is -2.42. The summed E-state index contributed by atoms with van der Waals surface area (Å²) in [5.41, 5.74) is 5.06. The zero-order valence-corrected chi connectivity index (χ0v) is 11.6. The molecule has 1 saturated carbocycles. The monoisotopic (exact) mass is 293 g/mol. The molecule has 1 aliphatic carbocycles. The van der Waals surface area contributed by atoms with E-state index in [9.17, 15) is 20.0 Å². The molecule has 1 fully saturated rings. The molecule has 21 heavy (non-hydrogen) atoms. The third-order valence-corrected chi connectivity index (χ3v) is 3.79. The highest BCUT2D eigenvalue weighted by Crippen LogP contribution is 2.26. The lowest BCUT2D eigenvalue weighted by atomic mass is 10.0. The lowest BCUT2D eigenvalue weighted by molar-refractivity contribution is -0.384. The summed E-state index contributed by atoms with van der Waals surface area (Å²) in [5, 5.41) is 23.8. The van der Waals surface area contributed by atoms with Crippen LogP contribution in [0.25, 0.3) is 0 Å². The predicted molar refractivity (Wildman–Crippen MR) is 77.9 cm³/mol. The molecule has 114 valence electrons. The Labute approximate surface area is 122 Å². The van der Waals surface area contributed by atoms with Gasteiger partial charge < -0.3 is 16.2 Å². The van der Waals surface area contributed by atoms with Gasteiger partial charge in [-0.05, 0) is 25.0 Å². The fourth-order valence-corrected chi connectivity index (χ4v) is 2.65. The summed E-state index contributed by atoms with van der Waals surface area (Å²) in [6, 6.07) is 3.88. The van der Waals surface area contributed by atoms with Gasteiger partial charge in [-0.15, -0.1) is 0 Å². The molecular formula is C14H19N3O4. The van der Waals surface area contributed by atoms with Crippen molar-refractivity contribution in [3.8, 4) is 0 Å². The molecule has 1 amide bonds. The summed E-state index contributed by atoms with van der Waals surface area (Å²) in [5.74, 6) is -0.569. The van der Waals surface area contributed by atoms with Crippen LogP contribution in [-0.2, 0) is 0 Å². The number of para-hydroxylation sites is 1. The zero-order valence-electron chi connectivity index (χ0n) is 11.6. The number of nitrogens with two attached hydrogens (primary N) is 1. The van der Waals surface area contributed by atoms with Crippen molar-refractivity contribution in [3.63, 3.8) is 0 Å². The molecule has 0 aromatic heterocycles. The van der Waals surface area contributed by atoms with Crippen LogP contribution in [0, 0.1) is 10.1 Å². The molecule has 0 bridgehead atoms. The van der Waals surface area contributed by atoms with Crippen LogP contribution in [0.15, 0.2) is 18.2 Å². The summed E-state index contributed by atoms with van der Waals surface area (Å²) in [4.78, 5) is 22.7. The van der Waals surface area contributed by atoms with E-state index in [0.717, 1.165) is 19.3 Å². The molecule has 2 rings (SSSR count). The first-order valence-electron chi connectivity index (χ1n) is 7.02. The fourth-order valence-electron chi connectivity index (χ4n) is 2.65. The number of nitrogens with zero attached hydrogens (tertiary/aromatic N) is 1. The molecule has 0 saturated heterocycles. The molecule has 0 heterocycles. The number of hydrogen-bond acceptors (Lipinski definition) is 5. The Morgan fingerprint density at radius 2 is 2.05 bits per heavy atom. The summed E-state index contributed by atoms with van der Waals surface area (Å²) >= 11 is 0. The maximum absolute atomic E-state index is 12.3. The molecule has 0 aliphatic heterocycles. The Kier molecular flexibility index (Phi) is 4.74. The Morgan fingerprint density at radius 3 is 2.76 bits per heavy atom. The van der Waals surface area contributed by atoms with Crippen molar-refractivity contribution in [2.75, 3.05) is 5.73 Å². The second kappa shape index (κ2) is 6.53. The lowest BCUT2D eigenvalue weighted by Gasteiger charge is -2.21. The van der Waals surface area contributed by atoms with Crippen molar-refractivity contribution in [1.82, 2.24) is 5.32 Å². The molecule has 2 atom stereocenters. The molecule has 1 aliphatic rings. The standard InChI is InChI=1S/C14H19N3O4/c15-10-6-4-5-9(13(10)17(20)21)14(19)16-11-7-2-1-3-8-12(11)18/h4-6,11-12,18H,1-3,7-8,15H2,(H,16,19). The number of nitro groups is 1. The van der Waals surface area contributed by atoms with Crippen molar-refractivity contribution in [3.05, 3.63) is 33.9 Å². The van der Waals surface area contributed by atoms with Crippen molar-refractivity contribution >= 4 is 17.3 Å². The van der Waals surface area contributed by atoms with Crippen LogP contribution < -0.4 is 11.1 Å². The first-order valence-corrected chi connectivity index (χ1v) is 7.02. The van der Waals surface area contributed by atoms with E-state index in [2.05, 4.69) is 5.32 Å². The molecule has 2 unspecified atom stereocenters. The molecule has 7 nitrogen and oxygen atoms in total. The van der Waals surface area contributed by atoms with Crippen LogP contribution in [-0.4, -0.2) is 28.1 Å². The van der Waals surface area contributed by atoms with E-state index in [1.807, 2.05) is 0 Å². The Balaban J connectivity index is 2.20. The van der Waals surface area contributed by atoms with E-state index in [-0.39, 0.29) is 17.3 Å². The smallest absolute Gasteiger partial charge is 0.304 e. The summed E-state index contributed by atoms with van der Waals surface area (Å²) in [6.07, 6.45) is 3.54. The summed E-state index contributed by atoms with van der Waals surface area (Å²) in [7, 11) is 0. The van der Waals surface area contributed by atoms with Gasteiger partial charge in [-0.1, -0.05) is 25.3 Å². The number of nitrogens with one attached hydrogen (secondary N) is 1. The number of nitrogen functional groups attached to an aromatic ring is 1. The number of benzene rings is 1. The third kappa shape index (κ3) is 3.49. The molecule has 4 N–H and O–H groups in total. The van der Waals surface area contributed by atoms with Gasteiger partial charge >= 0.3 is 5.69 Å². The van der Waals surface area contributed by atoms with Gasteiger partial charge in [0.15, 0.2) is 0 Å². The highest BCUT2D eigenvalue weighted by atomic mass is 16.6. The van der Waals surface area contributed by atoms with Crippen LogP contribution in [0.2, 0.25) is 0 Å². The van der Waals surface area contributed by atoms with Crippen LogP contribution in [0.3, 0.4) is 0 Å². The van der Waals surface area contributed by atoms with Crippen molar-refractivity contribution in [2.45, 2.75) is 44.2 Å². The molecule has 7 heteroatoms. The van der Waals surface area contributed by atoms with E-state index >= 15 is 0 Å². The van der Waals surface area contributed by atoms with Gasteiger partial charge in [0.2, 0.25) is 0 Å². The number of rotatable bonds is 3. The zero-order chi connectivity index (χ0) is 15.4. The molecule has 1 aromatic rings. The topological polar surface area (TPSA) is 118 Å². The van der Waals surface area contributed by atoms with Crippen LogP contribution in [0.5, 0.6) is 0 Å². The van der Waals surface area contributed by atoms with E-state index in [0.29, 0.717) is 12.8 Å². The van der Waals surface area contributed by atoms with Gasteiger partial charge in [0.1, 0.15) is 11.3 Å². The van der Waals surface area contributed by atoms with E-state index in [1.165, 1.54) is 18.2 Å². The minimum absolute atomic E-state index is 0.0472. The van der Waals surface area contributed by atoms with Gasteiger partial charge in [-0.3, -0.25) is 14.9 Å². The van der Waals surface area contributed by atoms with Crippen molar-refractivity contribution in [2.24, 2.45) is 0 Å². The van der Waals surface area contributed by atoms with Gasteiger partial charge in [-0.2, -0.15) is 0 Å². The minimum atomic E-state index is -0.659. The van der Waals surface area contributed by atoms with Crippen molar-refractivity contribution in [1.29, 1.82) is 0 Å². The summed E-state index contributed by atoms with van der Waals surface area (Å²) in [6.45, 7) is 0. The number of carbonyl (C=O) groups excluding carboxylic acids is 1. The number of anilines is 1. The number of nitro benzene ring substituents is 1. The maximum Gasteiger partial charge on any atom is 0.304 e. The van der Waals surface area contributed by atoms with Crippen LogP contribution >= 0.6 is 0 Å². The predicted octanol–water partition coefficient (Wildman–Crippen LogP) is 1.60. The summed E-state index contributed by atoms with van der Waals surface area (Å²) < 4.78 is 0. The Hall–Kier alpha value is -2.15. The highest BCUT2D eigenvalue weighted by molar-refractivity contribution is 6.00. The normalized spacial score (nSPS) is 22.3. The quantitative estimate of drug-likeness (QED) is 0.338. The Morgan fingerprint density at radius 1 is 1.33 bits per heavy atom. The van der Waals surface area contributed by atoms with Gasteiger partial charge in [-0.25, -0.2) is 0 Å². The number of aliphatic hydroxyl groups is 1. The Bertz CT molecular complexity index is 547. The van der Waals surface area contributed by atoms with Crippen molar-refractivity contribution < 1.29 is 14.8 Å². The van der Waals surface area contributed by atoms with Gasteiger partial charge in [0.25, 0.3) is 5.91 Å². The van der Waals surface area contributed by atoms with E-state index in [1.54, 1.807) is 0 Å². The molecule has 0 spiro atoms. The van der Waals surface area contributed by atoms with E-state index in [4.69, 9.17) is 5.73 Å². The highest BCUT2D eigenvalue weighted by Gasteiger charge is 2.28. The third-order valence-electron chi connectivity index (χ3n) is 3.79. The van der Waals surface area contributed by atoms with E-state index < -0.39 is 22.6 Å². The first kappa shape index (κ1) is 15.2. The van der Waals surface area contributed by atoms with Gasteiger partial charge in [0.05, 0.1) is 17.1 Å². The number of amides is 1. The first-order chi connectivity index (χ1) is 10.0. The maximum atomic E-state index is 12.3. The van der Waals surface area contributed by atoms with Crippen LogP contribution in [0.1, 0.15) is 42.5 Å². The molecule has 1 aromatic carbocycles. The SMILES string of the molecule is Nc1cccc(C(=O)NC2CCCCCC2O)c1[N+](=O)[O-]. The largest absolute Gasteiger partial charge is 0.393 e. The number of hydrogen-bond donors (Lipinski definition) is 3. The average molecular weight is 293 g/mol. The number of aliphatic hydroxyl groups excluding tert-OH is 1. The van der Waals surface area contributed by atoms with Crippen LogP contribution in [0.4, 0.5) is 11.4 Å². The fraction of sp³-hybridized carbons (Fsp3) is 0.500. The minimum Gasteiger partial charge on any atom is -0.393 e. The average Bonchev–Trinajstić information content (AvgIpc) is 2.63. The second-order valence-corrected chi connectivity index (χ2v) is 5.29. The van der Waals surface area contributed by atoms with Gasteiger partial charge in [0, 0.05) is 0 Å².